The van der Waals surface area contributed by atoms with E-state index in [2.05, 4.69) is 22.1 Å². The molecule has 2 aliphatic rings. The van der Waals surface area contributed by atoms with E-state index in [-0.39, 0.29) is 5.91 Å². The number of nitrogens with zero attached hydrogens (tertiary/aromatic N) is 2. The summed E-state index contributed by atoms with van der Waals surface area (Å²) in [6.07, 6.45) is 6.68. The molecule has 0 aromatic carbocycles. The number of piperidine rings is 1. The van der Waals surface area contributed by atoms with Crippen molar-refractivity contribution in [3.8, 4) is 0 Å². The fourth-order valence-electron chi connectivity index (χ4n) is 3.21. The lowest BCUT2D eigenvalue weighted by Gasteiger charge is -2.32. The molecule has 0 radical (unpaired) electrons. The third kappa shape index (κ3) is 4.20. The highest BCUT2D eigenvalue weighted by atomic mass is 32.1. The van der Waals surface area contributed by atoms with E-state index in [4.69, 9.17) is 4.74 Å². The Labute approximate surface area is 136 Å². The number of anilines is 1. The summed E-state index contributed by atoms with van der Waals surface area (Å²) in [6, 6.07) is 0.319. The van der Waals surface area contributed by atoms with Crippen LogP contribution >= 0.6 is 11.3 Å². The third-order valence-corrected chi connectivity index (χ3v) is 5.53. The first-order valence-corrected chi connectivity index (χ1v) is 9.07. The molecular weight excluding hydrogens is 298 g/mol. The number of carbonyl (C=O) groups excluding carboxylic acids is 1. The van der Waals surface area contributed by atoms with Crippen molar-refractivity contribution >= 4 is 22.4 Å². The SMILES string of the molecule is Cc1cnc(N2CCC(CC(=O)NC3CCOCC3)CC2)s1. The van der Waals surface area contributed by atoms with Crippen LogP contribution in [0, 0.1) is 12.8 Å². The maximum Gasteiger partial charge on any atom is 0.220 e. The van der Waals surface area contributed by atoms with E-state index < -0.39 is 0 Å². The normalized spacial score (nSPS) is 21.0. The van der Waals surface area contributed by atoms with Gasteiger partial charge in [0.2, 0.25) is 5.91 Å². The molecule has 1 amide bonds. The Morgan fingerprint density at radius 3 is 2.73 bits per heavy atom. The van der Waals surface area contributed by atoms with Crippen molar-refractivity contribution in [1.82, 2.24) is 10.3 Å². The van der Waals surface area contributed by atoms with E-state index in [0.29, 0.717) is 18.4 Å². The Balaban J connectivity index is 1.40. The molecule has 3 heterocycles. The van der Waals surface area contributed by atoms with Crippen molar-refractivity contribution in [3.05, 3.63) is 11.1 Å². The molecule has 0 aliphatic carbocycles. The van der Waals surface area contributed by atoms with Gasteiger partial charge in [-0.15, -0.1) is 11.3 Å². The van der Waals surface area contributed by atoms with Crippen molar-refractivity contribution in [1.29, 1.82) is 0 Å². The molecule has 0 saturated carbocycles. The minimum Gasteiger partial charge on any atom is -0.381 e. The fraction of sp³-hybridized carbons (Fsp3) is 0.750. The van der Waals surface area contributed by atoms with Crippen LogP contribution in [0.1, 0.15) is 37.0 Å². The lowest BCUT2D eigenvalue weighted by atomic mass is 9.93. The van der Waals surface area contributed by atoms with Crippen LogP contribution in [0.3, 0.4) is 0 Å². The van der Waals surface area contributed by atoms with E-state index in [0.717, 1.165) is 57.1 Å². The zero-order valence-corrected chi connectivity index (χ0v) is 14.0. The summed E-state index contributed by atoms with van der Waals surface area (Å²) in [4.78, 5) is 20.2. The molecule has 2 saturated heterocycles. The van der Waals surface area contributed by atoms with E-state index >= 15 is 0 Å². The molecule has 0 atom stereocenters. The van der Waals surface area contributed by atoms with Gasteiger partial charge in [0.15, 0.2) is 5.13 Å². The highest BCUT2D eigenvalue weighted by Crippen LogP contribution is 2.28. The molecule has 2 fully saturated rings. The van der Waals surface area contributed by atoms with Crippen molar-refractivity contribution in [2.45, 2.75) is 45.1 Å². The molecule has 3 rings (SSSR count). The Bertz CT molecular complexity index is 491. The van der Waals surface area contributed by atoms with E-state index in [1.165, 1.54) is 4.88 Å². The van der Waals surface area contributed by atoms with Crippen molar-refractivity contribution < 1.29 is 9.53 Å². The molecule has 0 bridgehead atoms. The number of thiazole rings is 1. The van der Waals surface area contributed by atoms with Crippen LogP contribution in [0.5, 0.6) is 0 Å². The number of nitrogens with one attached hydrogen (secondary N) is 1. The zero-order chi connectivity index (χ0) is 15.4. The smallest absolute Gasteiger partial charge is 0.220 e. The predicted molar refractivity (Wildman–Crippen MR) is 88.4 cm³/mol. The van der Waals surface area contributed by atoms with E-state index in [1.54, 1.807) is 11.3 Å². The maximum absolute atomic E-state index is 12.2. The first kappa shape index (κ1) is 15.7. The van der Waals surface area contributed by atoms with Crippen molar-refractivity contribution in [3.63, 3.8) is 0 Å². The molecule has 1 N–H and O–H groups in total. The maximum atomic E-state index is 12.2. The summed E-state index contributed by atoms with van der Waals surface area (Å²) < 4.78 is 5.33. The molecule has 0 spiro atoms. The minimum atomic E-state index is 0.218. The summed E-state index contributed by atoms with van der Waals surface area (Å²) in [5.41, 5.74) is 0. The monoisotopic (exact) mass is 323 g/mol. The van der Waals surface area contributed by atoms with Crippen LogP contribution in [0.4, 0.5) is 5.13 Å². The van der Waals surface area contributed by atoms with Gasteiger partial charge >= 0.3 is 0 Å². The van der Waals surface area contributed by atoms with Gasteiger partial charge in [0.25, 0.3) is 0 Å². The second kappa shape index (κ2) is 7.42. The van der Waals surface area contributed by atoms with Crippen LogP contribution in [-0.4, -0.2) is 43.2 Å². The van der Waals surface area contributed by atoms with Gasteiger partial charge in [0.05, 0.1) is 0 Å². The Hall–Kier alpha value is -1.14. The zero-order valence-electron chi connectivity index (χ0n) is 13.2. The lowest BCUT2D eigenvalue weighted by Crippen LogP contribution is -2.41. The van der Waals surface area contributed by atoms with Gasteiger partial charge in [0, 0.05) is 49.8 Å². The second-order valence-corrected chi connectivity index (χ2v) is 7.56. The number of aryl methyl sites for hydroxylation is 1. The molecular formula is C16H25N3O2S. The van der Waals surface area contributed by atoms with Crippen LogP contribution in [0.25, 0.3) is 0 Å². The molecule has 122 valence electrons. The highest BCUT2D eigenvalue weighted by Gasteiger charge is 2.24. The average molecular weight is 323 g/mol. The van der Waals surface area contributed by atoms with Gasteiger partial charge in [-0.2, -0.15) is 0 Å². The number of ether oxygens (including phenoxy) is 1. The number of amides is 1. The van der Waals surface area contributed by atoms with Crippen molar-refractivity contribution in [2.24, 2.45) is 5.92 Å². The van der Waals surface area contributed by atoms with Crippen LogP contribution in [0.2, 0.25) is 0 Å². The van der Waals surface area contributed by atoms with Gasteiger partial charge in [0.1, 0.15) is 0 Å². The average Bonchev–Trinajstić information content (AvgIpc) is 2.95. The highest BCUT2D eigenvalue weighted by molar-refractivity contribution is 7.15. The summed E-state index contributed by atoms with van der Waals surface area (Å²) in [5, 5.41) is 4.30. The topological polar surface area (TPSA) is 54.5 Å². The number of carbonyl (C=O) groups is 1. The first-order chi connectivity index (χ1) is 10.7. The largest absolute Gasteiger partial charge is 0.381 e. The van der Waals surface area contributed by atoms with Gasteiger partial charge in [-0.1, -0.05) is 0 Å². The number of aromatic nitrogens is 1. The minimum absolute atomic E-state index is 0.218. The Kier molecular flexibility index (Phi) is 5.31. The standard InChI is InChI=1S/C16H25N3O2S/c1-12-11-17-16(22-12)19-6-2-13(3-7-19)10-15(20)18-14-4-8-21-9-5-14/h11,13-14H,2-10H2,1H3,(H,18,20). The first-order valence-electron chi connectivity index (χ1n) is 8.25. The van der Waals surface area contributed by atoms with Crippen LogP contribution in [-0.2, 0) is 9.53 Å². The summed E-state index contributed by atoms with van der Waals surface area (Å²) in [7, 11) is 0. The Morgan fingerprint density at radius 1 is 1.36 bits per heavy atom. The van der Waals surface area contributed by atoms with Crippen LogP contribution in [0.15, 0.2) is 6.20 Å². The number of rotatable bonds is 4. The molecule has 1 aromatic heterocycles. The summed E-state index contributed by atoms with van der Waals surface area (Å²) >= 11 is 1.76. The lowest BCUT2D eigenvalue weighted by molar-refractivity contribution is -0.123. The van der Waals surface area contributed by atoms with Crippen molar-refractivity contribution in [2.75, 3.05) is 31.2 Å². The van der Waals surface area contributed by atoms with Gasteiger partial charge in [-0.25, -0.2) is 4.98 Å². The van der Waals surface area contributed by atoms with E-state index in [9.17, 15) is 4.79 Å². The molecule has 22 heavy (non-hydrogen) atoms. The second-order valence-electron chi connectivity index (χ2n) is 6.34. The molecule has 6 heteroatoms. The van der Waals surface area contributed by atoms with E-state index in [1.807, 2.05) is 6.20 Å². The summed E-state index contributed by atoms with van der Waals surface area (Å²) in [5.74, 6) is 0.729. The van der Waals surface area contributed by atoms with Gasteiger partial charge in [-0.3, -0.25) is 4.79 Å². The molecule has 5 nitrogen and oxygen atoms in total. The van der Waals surface area contributed by atoms with Crippen LogP contribution < -0.4 is 10.2 Å². The molecule has 1 aromatic rings. The third-order valence-electron chi connectivity index (χ3n) is 4.55. The van der Waals surface area contributed by atoms with Gasteiger partial charge < -0.3 is 15.0 Å². The van der Waals surface area contributed by atoms with Gasteiger partial charge in [-0.05, 0) is 38.5 Å². The fourth-order valence-corrected chi connectivity index (χ4v) is 4.02. The molecule has 0 unspecified atom stereocenters. The Morgan fingerprint density at radius 2 is 2.09 bits per heavy atom. The molecule has 2 aliphatic heterocycles. The number of hydrogen-bond donors (Lipinski definition) is 1. The quantitative estimate of drug-likeness (QED) is 0.924. The summed E-state index contributed by atoms with van der Waals surface area (Å²) in [6.45, 7) is 5.67. The predicted octanol–water partition coefficient (Wildman–Crippen LogP) is 2.35. The number of hydrogen-bond acceptors (Lipinski definition) is 5.